The molecule has 0 unspecified atom stereocenters. The fourth-order valence-corrected chi connectivity index (χ4v) is 2.54. The van der Waals surface area contributed by atoms with E-state index in [2.05, 4.69) is 10.3 Å². The number of thiazole rings is 1. The van der Waals surface area contributed by atoms with Crippen molar-refractivity contribution in [3.63, 3.8) is 0 Å². The number of amides is 1. The first kappa shape index (κ1) is 14.4. The molecule has 8 heteroatoms. The van der Waals surface area contributed by atoms with Crippen LogP contribution < -0.4 is 11.1 Å². The normalized spacial score (nSPS) is 10.5. The van der Waals surface area contributed by atoms with Gasteiger partial charge in [0.05, 0.1) is 32.9 Å². The van der Waals surface area contributed by atoms with Crippen molar-refractivity contribution in [3.05, 3.63) is 38.3 Å². The number of aromatic nitrogens is 1. The van der Waals surface area contributed by atoms with Crippen molar-refractivity contribution in [3.8, 4) is 0 Å². The summed E-state index contributed by atoms with van der Waals surface area (Å²) < 4.78 is 0. The van der Waals surface area contributed by atoms with Crippen LogP contribution in [0, 0.1) is 0 Å². The van der Waals surface area contributed by atoms with Crippen LogP contribution in [0.4, 0.5) is 10.8 Å². The Kier molecular flexibility index (Phi) is 4.52. The van der Waals surface area contributed by atoms with Gasteiger partial charge in [-0.3, -0.25) is 4.79 Å². The molecule has 1 aromatic heterocycles. The van der Waals surface area contributed by atoms with Crippen LogP contribution in [0.2, 0.25) is 15.1 Å². The molecule has 0 saturated heterocycles. The number of carbonyl (C=O) groups is 1. The van der Waals surface area contributed by atoms with Crippen molar-refractivity contribution in [2.45, 2.75) is 6.42 Å². The molecule has 0 fully saturated rings. The molecule has 0 bridgehead atoms. The molecule has 2 rings (SSSR count). The van der Waals surface area contributed by atoms with E-state index in [-0.39, 0.29) is 12.3 Å². The van der Waals surface area contributed by atoms with Gasteiger partial charge < -0.3 is 11.1 Å². The minimum absolute atomic E-state index is 0.115. The topological polar surface area (TPSA) is 68.0 Å². The van der Waals surface area contributed by atoms with Crippen LogP contribution in [0.3, 0.4) is 0 Å². The standard InChI is InChI=1S/C11H8Cl3N3OS/c12-6-2-8(14)9(3-7(6)13)17-10(18)1-5-4-19-11(15)16-5/h2-4H,1H2,(H2,15,16)(H,17,18). The lowest BCUT2D eigenvalue weighted by Crippen LogP contribution is -2.15. The lowest BCUT2D eigenvalue weighted by molar-refractivity contribution is -0.115. The highest BCUT2D eigenvalue weighted by atomic mass is 35.5. The predicted molar refractivity (Wildman–Crippen MR) is 80.3 cm³/mol. The summed E-state index contributed by atoms with van der Waals surface area (Å²) in [5, 5.41) is 5.77. The molecule has 0 aliphatic heterocycles. The predicted octanol–water partition coefficient (Wildman–Crippen LogP) is 3.87. The number of rotatable bonds is 3. The van der Waals surface area contributed by atoms with E-state index in [9.17, 15) is 4.79 Å². The van der Waals surface area contributed by atoms with Crippen molar-refractivity contribution >= 4 is 62.9 Å². The lowest BCUT2D eigenvalue weighted by atomic mass is 10.3. The van der Waals surface area contributed by atoms with Crippen LogP contribution in [0.1, 0.15) is 5.69 Å². The third kappa shape index (κ3) is 3.73. The molecule has 2 aromatic rings. The van der Waals surface area contributed by atoms with Crippen LogP contribution in [0.15, 0.2) is 17.5 Å². The smallest absolute Gasteiger partial charge is 0.230 e. The number of anilines is 2. The summed E-state index contributed by atoms with van der Waals surface area (Å²) in [6.07, 6.45) is 0.115. The lowest BCUT2D eigenvalue weighted by Gasteiger charge is -2.08. The number of nitrogens with one attached hydrogen (secondary N) is 1. The molecule has 100 valence electrons. The van der Waals surface area contributed by atoms with E-state index in [1.807, 2.05) is 0 Å². The summed E-state index contributed by atoms with van der Waals surface area (Å²) in [6, 6.07) is 2.97. The van der Waals surface area contributed by atoms with Crippen molar-refractivity contribution in [2.24, 2.45) is 0 Å². The Hall–Kier alpha value is -1.01. The van der Waals surface area contributed by atoms with Gasteiger partial charge in [-0.05, 0) is 12.1 Å². The number of nitrogen functional groups attached to an aromatic ring is 1. The maximum absolute atomic E-state index is 11.8. The maximum Gasteiger partial charge on any atom is 0.230 e. The Bertz CT molecular complexity index is 630. The van der Waals surface area contributed by atoms with Crippen LogP contribution in [-0.2, 0) is 11.2 Å². The number of hydrogen-bond acceptors (Lipinski definition) is 4. The van der Waals surface area contributed by atoms with Gasteiger partial charge in [0.2, 0.25) is 5.91 Å². The second kappa shape index (κ2) is 5.96. The first-order valence-corrected chi connectivity index (χ1v) is 7.11. The number of halogens is 3. The summed E-state index contributed by atoms with van der Waals surface area (Å²) >= 11 is 18.9. The molecule has 3 N–H and O–H groups in total. The second-order valence-corrected chi connectivity index (χ2v) is 5.76. The average molecular weight is 337 g/mol. The van der Waals surface area contributed by atoms with Crippen LogP contribution in [-0.4, -0.2) is 10.9 Å². The Balaban J connectivity index is 2.09. The van der Waals surface area contributed by atoms with Gasteiger partial charge in [-0.1, -0.05) is 34.8 Å². The van der Waals surface area contributed by atoms with Gasteiger partial charge in [-0.25, -0.2) is 4.98 Å². The highest BCUT2D eigenvalue weighted by molar-refractivity contribution is 7.13. The summed E-state index contributed by atoms with van der Waals surface area (Å²) in [4.78, 5) is 15.8. The molecule has 4 nitrogen and oxygen atoms in total. The van der Waals surface area contributed by atoms with E-state index in [1.165, 1.54) is 23.5 Å². The van der Waals surface area contributed by atoms with Crippen molar-refractivity contribution in [1.29, 1.82) is 0 Å². The van der Waals surface area contributed by atoms with E-state index in [1.54, 1.807) is 5.38 Å². The van der Waals surface area contributed by atoms with Crippen LogP contribution in [0.25, 0.3) is 0 Å². The first-order chi connectivity index (χ1) is 8.95. The second-order valence-electron chi connectivity index (χ2n) is 3.65. The summed E-state index contributed by atoms with van der Waals surface area (Å²) in [5.74, 6) is -0.259. The number of carbonyl (C=O) groups excluding carboxylic acids is 1. The first-order valence-electron chi connectivity index (χ1n) is 5.10. The van der Waals surface area contributed by atoms with Gasteiger partial charge in [0, 0.05) is 5.38 Å². The van der Waals surface area contributed by atoms with Crippen LogP contribution in [0.5, 0.6) is 0 Å². The molecule has 0 atom stereocenters. The van der Waals surface area contributed by atoms with Gasteiger partial charge >= 0.3 is 0 Å². The Morgan fingerprint density at radius 3 is 2.58 bits per heavy atom. The SMILES string of the molecule is Nc1nc(CC(=O)Nc2cc(Cl)c(Cl)cc2Cl)cs1. The molecule has 1 aromatic carbocycles. The molecule has 19 heavy (non-hydrogen) atoms. The molecule has 0 radical (unpaired) electrons. The minimum Gasteiger partial charge on any atom is -0.375 e. The third-order valence-corrected chi connectivity index (χ3v) is 3.95. The van der Waals surface area contributed by atoms with Gasteiger partial charge in [-0.2, -0.15) is 0 Å². The van der Waals surface area contributed by atoms with Gasteiger partial charge in [0.25, 0.3) is 0 Å². The maximum atomic E-state index is 11.8. The van der Waals surface area contributed by atoms with Crippen molar-refractivity contribution in [1.82, 2.24) is 4.98 Å². The molecule has 0 aliphatic rings. The summed E-state index contributed by atoms with van der Waals surface area (Å²) in [6.45, 7) is 0. The zero-order chi connectivity index (χ0) is 14.0. The minimum atomic E-state index is -0.259. The number of nitrogens with two attached hydrogens (primary N) is 1. The van der Waals surface area contributed by atoms with Gasteiger partial charge in [-0.15, -0.1) is 11.3 Å². The molecule has 1 heterocycles. The van der Waals surface area contributed by atoms with E-state index in [0.717, 1.165) is 0 Å². The highest BCUT2D eigenvalue weighted by Crippen LogP contribution is 2.32. The van der Waals surface area contributed by atoms with E-state index < -0.39 is 0 Å². The third-order valence-electron chi connectivity index (χ3n) is 2.20. The largest absolute Gasteiger partial charge is 0.375 e. The Morgan fingerprint density at radius 1 is 1.26 bits per heavy atom. The van der Waals surface area contributed by atoms with Crippen molar-refractivity contribution < 1.29 is 4.79 Å². The number of hydrogen-bond donors (Lipinski definition) is 2. The molecule has 0 aliphatic carbocycles. The van der Waals surface area contributed by atoms with Gasteiger partial charge in [0.1, 0.15) is 0 Å². The number of benzene rings is 1. The Labute approximate surface area is 128 Å². The zero-order valence-electron chi connectivity index (χ0n) is 9.41. The summed E-state index contributed by atoms with van der Waals surface area (Å²) in [5.41, 5.74) is 6.50. The molecule has 0 spiro atoms. The molecule has 0 saturated carbocycles. The highest BCUT2D eigenvalue weighted by Gasteiger charge is 2.11. The number of nitrogens with zero attached hydrogens (tertiary/aromatic N) is 1. The summed E-state index contributed by atoms with van der Waals surface area (Å²) in [7, 11) is 0. The van der Waals surface area contributed by atoms with Gasteiger partial charge in [0.15, 0.2) is 5.13 Å². The van der Waals surface area contributed by atoms with E-state index in [4.69, 9.17) is 40.5 Å². The molecule has 1 amide bonds. The van der Waals surface area contributed by atoms with E-state index >= 15 is 0 Å². The zero-order valence-corrected chi connectivity index (χ0v) is 12.5. The fraction of sp³-hybridized carbons (Fsp3) is 0.0909. The Morgan fingerprint density at radius 2 is 1.95 bits per heavy atom. The van der Waals surface area contributed by atoms with E-state index in [0.29, 0.717) is 31.6 Å². The molecular formula is C11H8Cl3N3OS. The quantitative estimate of drug-likeness (QED) is 0.836. The van der Waals surface area contributed by atoms with Crippen LogP contribution >= 0.6 is 46.1 Å². The average Bonchev–Trinajstić information content (AvgIpc) is 2.71. The molecular weight excluding hydrogens is 329 g/mol. The van der Waals surface area contributed by atoms with Crippen molar-refractivity contribution in [2.75, 3.05) is 11.1 Å². The monoisotopic (exact) mass is 335 g/mol. The fourth-order valence-electron chi connectivity index (χ4n) is 1.38.